The summed E-state index contributed by atoms with van der Waals surface area (Å²) in [6.07, 6.45) is 10.1. The maximum Gasteiger partial charge on any atom is 0.307 e. The molecule has 2 heterocycles. The molecule has 2 aliphatic carbocycles. The third kappa shape index (κ3) is 6.47. The van der Waals surface area contributed by atoms with E-state index in [0.29, 0.717) is 11.8 Å². The summed E-state index contributed by atoms with van der Waals surface area (Å²) in [5.41, 5.74) is 11.1. The molecule has 2 aromatic carbocycles. The Labute approximate surface area is 250 Å². The van der Waals surface area contributed by atoms with E-state index in [1.807, 2.05) is 30.3 Å². The fraction of sp³-hybridized carbons (Fsp3) is 0.294. The van der Waals surface area contributed by atoms with Gasteiger partial charge >= 0.3 is 5.97 Å². The van der Waals surface area contributed by atoms with Gasteiger partial charge in [0.05, 0.1) is 20.6 Å². The largest absolute Gasteiger partial charge is 0.481 e. The molecule has 42 heavy (non-hydrogen) atoms. The number of methoxy groups -OCH3 is 2. The van der Waals surface area contributed by atoms with E-state index in [0.717, 1.165) is 71.9 Å². The molecule has 0 saturated heterocycles. The fourth-order valence-electron chi connectivity index (χ4n) is 6.10. The number of carbonyl (C=O) groups is 2. The molecule has 0 bridgehead atoms. The van der Waals surface area contributed by atoms with Crippen molar-refractivity contribution >= 4 is 22.8 Å². The van der Waals surface area contributed by atoms with Crippen LogP contribution in [-0.4, -0.2) is 40.5 Å². The van der Waals surface area contributed by atoms with E-state index in [4.69, 9.17) is 21.1 Å². The zero-order chi connectivity index (χ0) is 29.6. The van der Waals surface area contributed by atoms with Crippen molar-refractivity contribution in [2.75, 3.05) is 14.2 Å². The number of fused-ring (bicyclic) bond motifs is 2. The van der Waals surface area contributed by atoms with Gasteiger partial charge in [0.25, 0.3) is 0 Å². The van der Waals surface area contributed by atoms with Gasteiger partial charge in [-0.05, 0) is 118 Å². The zero-order valence-electron chi connectivity index (χ0n) is 23.8. The number of hydrogen-bond donors (Lipinski definition) is 1. The Hall–Kier alpha value is -4.23. The third-order valence-corrected chi connectivity index (χ3v) is 8.09. The SMILES string of the molecule is COc1cc(-c2ccc3c(c2CC(=O)Cl)CCC3)ccn1.COc1cc(-c2ccc3c(c2CC(=O)O)CCC3)ccn1. The Bertz CT molecular complexity index is 1510. The summed E-state index contributed by atoms with van der Waals surface area (Å²) in [6, 6.07) is 15.9. The average Bonchev–Trinajstić information content (AvgIpc) is 3.68. The number of carbonyl (C=O) groups excluding carboxylic acids is 1. The van der Waals surface area contributed by atoms with Crippen LogP contribution in [0.3, 0.4) is 0 Å². The Morgan fingerprint density at radius 3 is 1.64 bits per heavy atom. The molecule has 0 radical (unpaired) electrons. The number of aryl methyl sites for hydroxylation is 2. The molecule has 0 aliphatic heterocycles. The standard InChI is InChI=1S/C17H16ClNO2.C17H17NO3/c1-21-17-9-12(7-8-19-17)14-6-5-11-3-2-4-13(11)15(14)10-16(18)20;1-21-16-9-12(7-8-18-16)14-6-5-11-3-2-4-13(11)15(14)10-17(19)20/h5-9H,2-4,10H2,1H3;5-9H,2-4,10H2,1H3,(H,19,20). The van der Waals surface area contributed by atoms with Crippen molar-refractivity contribution in [2.45, 2.75) is 51.4 Å². The molecule has 0 saturated carbocycles. The van der Waals surface area contributed by atoms with Crippen molar-refractivity contribution in [3.05, 3.63) is 94.3 Å². The van der Waals surface area contributed by atoms with Crippen molar-refractivity contribution in [1.82, 2.24) is 9.97 Å². The maximum absolute atomic E-state index is 11.4. The van der Waals surface area contributed by atoms with E-state index in [9.17, 15) is 14.7 Å². The molecular formula is C34H33ClN2O5. The minimum atomic E-state index is -0.794. The Morgan fingerprint density at radius 1 is 0.738 bits per heavy atom. The molecule has 216 valence electrons. The highest BCUT2D eigenvalue weighted by Crippen LogP contribution is 2.36. The molecule has 7 nitrogen and oxygen atoms in total. The van der Waals surface area contributed by atoms with Crippen molar-refractivity contribution in [3.63, 3.8) is 0 Å². The van der Waals surface area contributed by atoms with Crippen LogP contribution < -0.4 is 9.47 Å². The lowest BCUT2D eigenvalue weighted by atomic mass is 9.91. The molecule has 2 aliphatic rings. The number of nitrogens with zero attached hydrogens (tertiary/aromatic N) is 2. The molecule has 4 aromatic rings. The highest BCUT2D eigenvalue weighted by molar-refractivity contribution is 6.63. The minimum Gasteiger partial charge on any atom is -0.481 e. The molecule has 0 atom stereocenters. The van der Waals surface area contributed by atoms with Gasteiger partial charge in [-0.1, -0.05) is 24.3 Å². The molecule has 6 rings (SSSR count). The van der Waals surface area contributed by atoms with Crippen molar-refractivity contribution < 1.29 is 24.2 Å². The highest BCUT2D eigenvalue weighted by atomic mass is 35.5. The highest BCUT2D eigenvalue weighted by Gasteiger charge is 2.21. The number of pyridine rings is 2. The number of aliphatic carboxylic acids is 1. The van der Waals surface area contributed by atoms with Crippen molar-refractivity contribution in [3.8, 4) is 34.0 Å². The topological polar surface area (TPSA) is 98.6 Å². The molecule has 0 spiro atoms. The van der Waals surface area contributed by atoms with Crippen LogP contribution in [0.2, 0.25) is 0 Å². The molecule has 0 fully saturated rings. The number of rotatable bonds is 8. The third-order valence-electron chi connectivity index (χ3n) is 7.96. The van der Waals surface area contributed by atoms with Crippen LogP contribution in [-0.2, 0) is 48.1 Å². The summed E-state index contributed by atoms with van der Waals surface area (Å²) in [7, 11) is 3.17. The van der Waals surface area contributed by atoms with Crippen LogP contribution in [0.5, 0.6) is 11.8 Å². The lowest BCUT2D eigenvalue weighted by Crippen LogP contribution is -2.06. The quantitative estimate of drug-likeness (QED) is 0.238. The normalized spacial score (nSPS) is 13.0. The number of aromatic nitrogens is 2. The van der Waals surface area contributed by atoms with Crippen LogP contribution in [0.15, 0.2) is 60.9 Å². The first-order valence-corrected chi connectivity index (χ1v) is 14.4. The Kier molecular flexibility index (Phi) is 9.18. The van der Waals surface area contributed by atoms with Crippen molar-refractivity contribution in [1.29, 1.82) is 0 Å². The summed E-state index contributed by atoms with van der Waals surface area (Å²) >= 11 is 5.66. The second-order valence-electron chi connectivity index (χ2n) is 10.4. The molecule has 8 heteroatoms. The van der Waals surface area contributed by atoms with Gasteiger partial charge in [-0.3, -0.25) is 9.59 Å². The number of carboxylic acid groups (broad SMARTS) is 1. The predicted molar refractivity (Wildman–Crippen MR) is 162 cm³/mol. The van der Waals surface area contributed by atoms with Gasteiger partial charge < -0.3 is 14.6 Å². The van der Waals surface area contributed by atoms with Gasteiger partial charge in [0.1, 0.15) is 0 Å². The van der Waals surface area contributed by atoms with Gasteiger partial charge in [0.2, 0.25) is 17.0 Å². The first kappa shape index (κ1) is 29.3. The summed E-state index contributed by atoms with van der Waals surface area (Å²) < 4.78 is 10.3. The van der Waals surface area contributed by atoms with Crippen molar-refractivity contribution in [2.24, 2.45) is 0 Å². The van der Waals surface area contributed by atoms with Crippen LogP contribution in [0, 0.1) is 0 Å². The van der Waals surface area contributed by atoms with E-state index in [1.54, 1.807) is 26.6 Å². The molecule has 0 amide bonds. The van der Waals surface area contributed by atoms with Crippen LogP contribution in [0.25, 0.3) is 22.3 Å². The van der Waals surface area contributed by atoms with Gasteiger partial charge in [-0.25, -0.2) is 9.97 Å². The number of ether oxygens (including phenoxy) is 2. The number of benzene rings is 2. The van der Waals surface area contributed by atoms with Crippen LogP contribution in [0.1, 0.15) is 46.2 Å². The molecule has 0 unspecified atom stereocenters. The van der Waals surface area contributed by atoms with E-state index in [1.165, 1.54) is 22.3 Å². The first-order valence-electron chi connectivity index (χ1n) is 14.1. The predicted octanol–water partition coefficient (Wildman–Crippen LogP) is 6.43. The molecule has 2 aromatic heterocycles. The van der Waals surface area contributed by atoms with Gasteiger partial charge in [0, 0.05) is 30.9 Å². The fourth-order valence-corrected chi connectivity index (χ4v) is 6.23. The molecule has 1 N–H and O–H groups in total. The lowest BCUT2D eigenvalue weighted by molar-refractivity contribution is -0.136. The van der Waals surface area contributed by atoms with E-state index < -0.39 is 5.97 Å². The summed E-state index contributed by atoms with van der Waals surface area (Å²) in [6.45, 7) is 0. The maximum atomic E-state index is 11.4. The second-order valence-corrected chi connectivity index (χ2v) is 10.9. The van der Waals surface area contributed by atoms with E-state index >= 15 is 0 Å². The Balaban J connectivity index is 0.000000168. The Morgan fingerprint density at radius 2 is 1.21 bits per heavy atom. The smallest absolute Gasteiger partial charge is 0.307 e. The van der Waals surface area contributed by atoms with Gasteiger partial charge in [-0.2, -0.15) is 0 Å². The average molecular weight is 585 g/mol. The summed E-state index contributed by atoms with van der Waals surface area (Å²) in [5, 5.41) is 8.91. The molecular weight excluding hydrogens is 552 g/mol. The van der Waals surface area contributed by atoms with Gasteiger partial charge in [-0.15, -0.1) is 0 Å². The number of carboxylic acids is 1. The summed E-state index contributed by atoms with van der Waals surface area (Å²) in [5.74, 6) is 0.308. The zero-order valence-corrected chi connectivity index (χ0v) is 24.5. The van der Waals surface area contributed by atoms with Crippen LogP contribution in [0.4, 0.5) is 0 Å². The monoisotopic (exact) mass is 584 g/mol. The van der Waals surface area contributed by atoms with Gasteiger partial charge in [0.15, 0.2) is 0 Å². The first-order chi connectivity index (χ1) is 20.4. The van der Waals surface area contributed by atoms with E-state index in [-0.39, 0.29) is 18.1 Å². The lowest BCUT2D eigenvalue weighted by Gasteiger charge is -2.14. The van der Waals surface area contributed by atoms with E-state index in [2.05, 4.69) is 28.2 Å². The number of halogens is 1. The second kappa shape index (κ2) is 13.2. The summed E-state index contributed by atoms with van der Waals surface area (Å²) in [4.78, 5) is 30.9. The number of hydrogen-bond acceptors (Lipinski definition) is 6. The van der Waals surface area contributed by atoms with Crippen LogP contribution >= 0.6 is 11.6 Å². The minimum absolute atomic E-state index is 0.0587.